The number of likely N-dealkylation sites (N-methyl/N-ethyl adjacent to an activating group) is 1. The molecule has 1 saturated heterocycles. The van der Waals surface area contributed by atoms with E-state index in [1.165, 1.54) is 0 Å². The van der Waals surface area contributed by atoms with Crippen LogP contribution in [-0.4, -0.2) is 42.5 Å². The van der Waals surface area contributed by atoms with Crippen molar-refractivity contribution in [3.8, 4) is 0 Å². The molecule has 0 bridgehead atoms. The number of rotatable bonds is 5. The van der Waals surface area contributed by atoms with Crippen LogP contribution in [0.1, 0.15) is 26.7 Å². The zero-order valence-electron chi connectivity index (χ0n) is 9.54. The molecule has 1 amide bonds. The summed E-state index contributed by atoms with van der Waals surface area (Å²) in [6.07, 6.45) is 1.62. The molecule has 0 N–H and O–H groups in total. The largest absolute Gasteiger partial charge is 0.368 e. The smallest absolute Gasteiger partial charge is 0.251 e. The number of hydrogen-bond donors (Lipinski definition) is 0. The summed E-state index contributed by atoms with van der Waals surface area (Å²) < 4.78 is 5.47. The van der Waals surface area contributed by atoms with Crippen LogP contribution in [0.15, 0.2) is 0 Å². The molecule has 1 aliphatic rings. The number of alkyl halides is 1. The molecule has 2 unspecified atom stereocenters. The Morgan fingerprint density at radius 2 is 2.33 bits per heavy atom. The fourth-order valence-corrected chi connectivity index (χ4v) is 1.99. The van der Waals surface area contributed by atoms with Gasteiger partial charge in [-0.2, -0.15) is 0 Å². The summed E-state index contributed by atoms with van der Waals surface area (Å²) >= 11 is 5.63. The summed E-state index contributed by atoms with van der Waals surface area (Å²) in [5.74, 6) is 1.08. The molecule has 0 aliphatic carbocycles. The maximum atomic E-state index is 12.1. The molecule has 0 aromatic rings. The minimum atomic E-state index is -0.222. The number of halogens is 1. The van der Waals surface area contributed by atoms with E-state index in [-0.39, 0.29) is 12.0 Å². The van der Waals surface area contributed by atoms with E-state index in [9.17, 15) is 4.79 Å². The minimum Gasteiger partial charge on any atom is -0.368 e. The molecule has 1 aliphatic heterocycles. The zero-order chi connectivity index (χ0) is 11.3. The van der Waals surface area contributed by atoms with E-state index >= 15 is 0 Å². The van der Waals surface area contributed by atoms with Crippen LogP contribution < -0.4 is 0 Å². The first-order chi connectivity index (χ1) is 7.20. The second-order valence-corrected chi connectivity index (χ2v) is 4.40. The summed E-state index contributed by atoms with van der Waals surface area (Å²) in [4.78, 5) is 13.9. The first-order valence-electron chi connectivity index (χ1n) is 5.67. The quantitative estimate of drug-likeness (QED) is 0.679. The molecule has 0 aromatic heterocycles. The first-order valence-corrected chi connectivity index (χ1v) is 6.20. The van der Waals surface area contributed by atoms with Gasteiger partial charge in [-0.05, 0) is 25.7 Å². The summed E-state index contributed by atoms with van der Waals surface area (Å²) in [7, 11) is 0. The van der Waals surface area contributed by atoms with Crippen LogP contribution in [0.25, 0.3) is 0 Å². The standard InChI is InChI=1S/C11H20ClNO2/c1-3-13(7-4-6-12)11(14)10-9(2)5-8-15-10/h9-10H,3-8H2,1-2H3. The molecule has 0 aromatic carbocycles. The lowest BCUT2D eigenvalue weighted by Gasteiger charge is -2.25. The van der Waals surface area contributed by atoms with Crippen LogP contribution >= 0.6 is 11.6 Å². The number of hydrogen-bond acceptors (Lipinski definition) is 2. The molecule has 0 radical (unpaired) electrons. The molecule has 1 heterocycles. The number of carbonyl (C=O) groups is 1. The van der Waals surface area contributed by atoms with E-state index in [4.69, 9.17) is 16.3 Å². The van der Waals surface area contributed by atoms with Crippen molar-refractivity contribution in [1.29, 1.82) is 0 Å². The number of ether oxygens (including phenoxy) is 1. The Hall–Kier alpha value is -0.280. The van der Waals surface area contributed by atoms with Gasteiger partial charge in [-0.25, -0.2) is 0 Å². The van der Waals surface area contributed by atoms with Crippen molar-refractivity contribution in [2.75, 3.05) is 25.6 Å². The van der Waals surface area contributed by atoms with E-state index < -0.39 is 0 Å². The molecule has 88 valence electrons. The maximum absolute atomic E-state index is 12.1. The minimum absolute atomic E-state index is 0.132. The van der Waals surface area contributed by atoms with Crippen LogP contribution in [0.3, 0.4) is 0 Å². The highest BCUT2D eigenvalue weighted by Gasteiger charge is 2.33. The van der Waals surface area contributed by atoms with Gasteiger partial charge in [0.1, 0.15) is 6.10 Å². The highest BCUT2D eigenvalue weighted by Crippen LogP contribution is 2.21. The third kappa shape index (κ3) is 3.35. The lowest BCUT2D eigenvalue weighted by atomic mass is 10.0. The Kier molecular flexibility index (Phi) is 5.40. The van der Waals surface area contributed by atoms with E-state index in [0.717, 1.165) is 25.9 Å². The van der Waals surface area contributed by atoms with Gasteiger partial charge in [0.05, 0.1) is 0 Å². The second-order valence-electron chi connectivity index (χ2n) is 4.02. The monoisotopic (exact) mass is 233 g/mol. The summed E-state index contributed by atoms with van der Waals surface area (Å²) in [6, 6.07) is 0. The van der Waals surface area contributed by atoms with Gasteiger partial charge in [-0.15, -0.1) is 11.6 Å². The molecule has 3 nitrogen and oxygen atoms in total. The van der Waals surface area contributed by atoms with Gasteiger partial charge in [-0.3, -0.25) is 4.79 Å². The molecule has 0 spiro atoms. The zero-order valence-corrected chi connectivity index (χ0v) is 10.3. The third-order valence-corrected chi connectivity index (χ3v) is 3.15. The van der Waals surface area contributed by atoms with Crippen LogP contribution in [0.2, 0.25) is 0 Å². The van der Waals surface area contributed by atoms with Gasteiger partial charge in [0.25, 0.3) is 5.91 Å². The van der Waals surface area contributed by atoms with Crippen LogP contribution in [-0.2, 0) is 9.53 Å². The SMILES string of the molecule is CCN(CCCCl)C(=O)C1OCCC1C. The number of nitrogens with zero attached hydrogens (tertiary/aromatic N) is 1. The molecular weight excluding hydrogens is 214 g/mol. The normalized spacial score (nSPS) is 25.5. The summed E-state index contributed by atoms with van der Waals surface area (Å²) in [6.45, 7) is 6.26. The predicted octanol–water partition coefficient (Wildman–Crippen LogP) is 1.89. The van der Waals surface area contributed by atoms with Crippen molar-refractivity contribution in [1.82, 2.24) is 4.90 Å². The van der Waals surface area contributed by atoms with Crippen molar-refractivity contribution >= 4 is 17.5 Å². The van der Waals surface area contributed by atoms with E-state index in [1.807, 2.05) is 11.8 Å². The predicted molar refractivity (Wildman–Crippen MR) is 61.1 cm³/mol. The average molecular weight is 234 g/mol. The van der Waals surface area contributed by atoms with Gasteiger partial charge in [0.15, 0.2) is 0 Å². The van der Waals surface area contributed by atoms with Gasteiger partial charge in [0.2, 0.25) is 0 Å². The van der Waals surface area contributed by atoms with Crippen molar-refractivity contribution < 1.29 is 9.53 Å². The number of carbonyl (C=O) groups excluding carboxylic acids is 1. The fraction of sp³-hybridized carbons (Fsp3) is 0.909. The van der Waals surface area contributed by atoms with Crippen molar-refractivity contribution in [3.05, 3.63) is 0 Å². The molecule has 4 heteroatoms. The maximum Gasteiger partial charge on any atom is 0.251 e. The van der Waals surface area contributed by atoms with Crippen molar-refractivity contribution in [2.24, 2.45) is 5.92 Å². The summed E-state index contributed by atoms with van der Waals surface area (Å²) in [5, 5.41) is 0. The number of amides is 1. The third-order valence-electron chi connectivity index (χ3n) is 2.89. The molecule has 0 saturated carbocycles. The van der Waals surface area contributed by atoms with Gasteiger partial charge in [0, 0.05) is 25.6 Å². The van der Waals surface area contributed by atoms with Gasteiger partial charge in [-0.1, -0.05) is 6.92 Å². The van der Waals surface area contributed by atoms with Gasteiger partial charge < -0.3 is 9.64 Å². The Morgan fingerprint density at radius 3 is 2.80 bits per heavy atom. The molecule has 2 atom stereocenters. The second kappa shape index (κ2) is 6.33. The highest BCUT2D eigenvalue weighted by molar-refractivity contribution is 6.17. The van der Waals surface area contributed by atoms with Crippen LogP contribution in [0, 0.1) is 5.92 Å². The van der Waals surface area contributed by atoms with Crippen molar-refractivity contribution in [3.63, 3.8) is 0 Å². The van der Waals surface area contributed by atoms with E-state index in [0.29, 0.717) is 18.4 Å². The van der Waals surface area contributed by atoms with E-state index in [1.54, 1.807) is 0 Å². The molecule has 1 fully saturated rings. The van der Waals surface area contributed by atoms with Gasteiger partial charge >= 0.3 is 0 Å². The Bertz CT molecular complexity index is 211. The lowest BCUT2D eigenvalue weighted by Crippen LogP contribution is -2.41. The van der Waals surface area contributed by atoms with Crippen molar-refractivity contribution in [2.45, 2.75) is 32.8 Å². The van der Waals surface area contributed by atoms with E-state index in [2.05, 4.69) is 6.92 Å². The average Bonchev–Trinajstić information content (AvgIpc) is 2.65. The molecule has 15 heavy (non-hydrogen) atoms. The fourth-order valence-electron chi connectivity index (χ4n) is 1.87. The topological polar surface area (TPSA) is 29.5 Å². The van der Waals surface area contributed by atoms with Crippen LogP contribution in [0.5, 0.6) is 0 Å². The van der Waals surface area contributed by atoms with Crippen LogP contribution in [0.4, 0.5) is 0 Å². The highest BCUT2D eigenvalue weighted by atomic mass is 35.5. The Labute approximate surface area is 96.7 Å². The lowest BCUT2D eigenvalue weighted by molar-refractivity contribution is -0.142. The Balaban J connectivity index is 2.48. The summed E-state index contributed by atoms with van der Waals surface area (Å²) in [5.41, 5.74) is 0. The first kappa shape index (κ1) is 12.8. The molecule has 1 rings (SSSR count). The Morgan fingerprint density at radius 1 is 1.60 bits per heavy atom. The molecular formula is C11H20ClNO2.